The van der Waals surface area contributed by atoms with E-state index in [2.05, 4.69) is 37.2 Å². The van der Waals surface area contributed by atoms with Crippen LogP contribution in [0, 0.1) is 5.92 Å². The maximum Gasteiger partial charge on any atom is 0.326 e. The number of rotatable bonds is 32. The number of aliphatic carboxylic acids is 5. The Bertz CT molecular complexity index is 2310. The van der Waals surface area contributed by atoms with Crippen molar-refractivity contribution in [1.29, 1.82) is 0 Å². The van der Waals surface area contributed by atoms with Crippen LogP contribution in [0.1, 0.15) is 83.3 Å². The van der Waals surface area contributed by atoms with Gasteiger partial charge in [-0.25, -0.2) is 4.79 Å². The first-order valence-corrected chi connectivity index (χ1v) is 22.7. The van der Waals surface area contributed by atoms with Gasteiger partial charge in [-0.05, 0) is 80.3 Å². The maximum absolute atomic E-state index is 14.1. The molecule has 0 saturated heterocycles. The lowest BCUT2D eigenvalue weighted by Crippen LogP contribution is -2.60. The number of hydrogen-bond acceptors (Lipinski definition) is 15. The topological polar surface area (TPSA) is 457 Å². The minimum absolute atomic E-state index is 0.0113. The highest BCUT2D eigenvalue weighted by Gasteiger charge is 2.35. The average molecular weight is 1030 g/mol. The molecule has 400 valence electrons. The van der Waals surface area contributed by atoms with Crippen LogP contribution in [0.3, 0.4) is 0 Å². The third-order valence-electron chi connectivity index (χ3n) is 10.7. The molecule has 0 fully saturated rings. The van der Waals surface area contributed by atoms with E-state index in [4.69, 9.17) is 5.73 Å². The van der Waals surface area contributed by atoms with Crippen LogP contribution in [0.2, 0.25) is 0 Å². The van der Waals surface area contributed by atoms with Crippen molar-refractivity contribution in [2.24, 2.45) is 11.7 Å². The number of nitrogens with two attached hydrogens (primary N) is 1. The Balaban J connectivity index is 2.44. The van der Waals surface area contributed by atoms with Gasteiger partial charge < -0.3 is 78.7 Å². The lowest BCUT2D eigenvalue weighted by atomic mass is 10.0. The SMILES string of the molecule is CC(C)C[C@H](NC(=O)[C@H](CCC(=O)O)NC(=O)[C@H](CCC(=O)O)NC(=O)[C@H](Cc1ccc(O)cc1)NC(=O)[C@H](CC(=O)O)NC(=O)[C@H](CCC(=O)O)NC(=O)[C@H](C)NC(=O)[C@@H](N)Cc1ccc(O)cc1)C(=O)O. The van der Waals surface area contributed by atoms with Crippen molar-refractivity contribution >= 4 is 71.2 Å². The van der Waals surface area contributed by atoms with Crippen molar-refractivity contribution in [2.75, 3.05) is 0 Å². The molecule has 8 atom stereocenters. The van der Waals surface area contributed by atoms with Gasteiger partial charge >= 0.3 is 29.8 Å². The van der Waals surface area contributed by atoms with E-state index >= 15 is 0 Å². The molecule has 0 aliphatic rings. The monoisotopic (exact) mass is 1030 g/mol. The number of carbonyl (C=O) groups excluding carboxylic acids is 7. The molecule has 73 heavy (non-hydrogen) atoms. The number of carboxylic acids is 5. The number of carboxylic acid groups (broad SMARTS) is 5. The summed E-state index contributed by atoms with van der Waals surface area (Å²) in [6.45, 7) is 4.54. The second-order valence-corrected chi connectivity index (χ2v) is 17.3. The molecule has 2 rings (SSSR count). The van der Waals surface area contributed by atoms with Crippen molar-refractivity contribution in [2.45, 2.75) is 133 Å². The molecule has 2 aromatic rings. The zero-order chi connectivity index (χ0) is 55.1. The van der Waals surface area contributed by atoms with E-state index in [0.29, 0.717) is 5.56 Å². The highest BCUT2D eigenvalue weighted by molar-refractivity contribution is 5.98. The number of hydrogen-bond donors (Lipinski definition) is 15. The fourth-order valence-electron chi connectivity index (χ4n) is 6.79. The molecule has 0 saturated carbocycles. The molecule has 0 aromatic heterocycles. The molecular formula is C46H62N8O19. The van der Waals surface area contributed by atoms with Crippen LogP contribution in [0.5, 0.6) is 11.5 Å². The van der Waals surface area contributed by atoms with E-state index in [1.54, 1.807) is 13.8 Å². The molecule has 0 heterocycles. The summed E-state index contributed by atoms with van der Waals surface area (Å²) in [7, 11) is 0. The Morgan fingerprint density at radius 3 is 1.15 bits per heavy atom. The predicted molar refractivity (Wildman–Crippen MR) is 251 cm³/mol. The average Bonchev–Trinajstić information content (AvgIpc) is 3.30. The molecule has 0 spiro atoms. The molecular weight excluding hydrogens is 969 g/mol. The van der Waals surface area contributed by atoms with Crippen LogP contribution < -0.4 is 43.0 Å². The van der Waals surface area contributed by atoms with Gasteiger partial charge in [0, 0.05) is 25.7 Å². The third kappa shape index (κ3) is 23.0. The second kappa shape index (κ2) is 29.7. The molecule has 0 unspecified atom stereocenters. The van der Waals surface area contributed by atoms with Crippen LogP contribution in [-0.4, -0.2) is 155 Å². The summed E-state index contributed by atoms with van der Waals surface area (Å²) in [6, 6.07) is -2.54. The summed E-state index contributed by atoms with van der Waals surface area (Å²) in [5.74, 6) is -16.0. The van der Waals surface area contributed by atoms with Crippen molar-refractivity contribution in [3.63, 3.8) is 0 Å². The normalized spacial score (nSPS) is 14.2. The summed E-state index contributed by atoms with van der Waals surface area (Å²) >= 11 is 0. The predicted octanol–water partition coefficient (Wildman–Crippen LogP) is -2.18. The highest BCUT2D eigenvalue weighted by Crippen LogP contribution is 2.15. The second-order valence-electron chi connectivity index (χ2n) is 17.3. The Hall–Kier alpha value is -8.36. The quantitative estimate of drug-likeness (QED) is 0.0370. The number of carbonyl (C=O) groups is 12. The summed E-state index contributed by atoms with van der Waals surface area (Å²) in [4.78, 5) is 154. The Labute approximate surface area is 417 Å². The van der Waals surface area contributed by atoms with Crippen molar-refractivity contribution in [3.8, 4) is 11.5 Å². The van der Waals surface area contributed by atoms with Crippen molar-refractivity contribution in [1.82, 2.24) is 37.2 Å². The van der Waals surface area contributed by atoms with Gasteiger partial charge in [-0.2, -0.15) is 0 Å². The Kier molecular flexibility index (Phi) is 24.7. The number of aromatic hydroxyl groups is 2. The molecule has 27 nitrogen and oxygen atoms in total. The lowest BCUT2D eigenvalue weighted by Gasteiger charge is -2.27. The lowest BCUT2D eigenvalue weighted by molar-refractivity contribution is -0.143. The van der Waals surface area contributed by atoms with Crippen molar-refractivity contribution in [3.05, 3.63) is 59.7 Å². The van der Waals surface area contributed by atoms with E-state index in [1.807, 2.05) is 0 Å². The molecule has 2 aromatic carbocycles. The van der Waals surface area contributed by atoms with E-state index in [1.165, 1.54) is 55.5 Å². The Morgan fingerprint density at radius 1 is 0.425 bits per heavy atom. The smallest absolute Gasteiger partial charge is 0.326 e. The van der Waals surface area contributed by atoms with Gasteiger partial charge in [0.05, 0.1) is 12.5 Å². The number of phenolic OH excluding ortho intramolecular Hbond substituents is 2. The third-order valence-corrected chi connectivity index (χ3v) is 10.7. The molecule has 16 N–H and O–H groups in total. The first kappa shape index (κ1) is 60.8. The number of phenols is 2. The summed E-state index contributed by atoms with van der Waals surface area (Å²) in [5, 5.41) is 82.7. The van der Waals surface area contributed by atoms with E-state index in [0.717, 1.165) is 0 Å². The van der Waals surface area contributed by atoms with Gasteiger partial charge in [0.15, 0.2) is 0 Å². The molecule has 27 heteroatoms. The van der Waals surface area contributed by atoms with E-state index in [9.17, 15) is 93.3 Å². The van der Waals surface area contributed by atoms with Gasteiger partial charge in [-0.3, -0.25) is 52.7 Å². The fourth-order valence-corrected chi connectivity index (χ4v) is 6.79. The summed E-state index contributed by atoms with van der Waals surface area (Å²) < 4.78 is 0. The fraction of sp³-hybridized carbons (Fsp3) is 0.478. The van der Waals surface area contributed by atoms with Gasteiger partial charge in [0.1, 0.15) is 53.8 Å². The summed E-state index contributed by atoms with van der Waals surface area (Å²) in [6.07, 6.45) is -5.90. The van der Waals surface area contributed by atoms with Crippen LogP contribution in [0.25, 0.3) is 0 Å². The molecule has 0 aliphatic carbocycles. The Morgan fingerprint density at radius 2 is 0.767 bits per heavy atom. The van der Waals surface area contributed by atoms with Crippen LogP contribution >= 0.6 is 0 Å². The minimum atomic E-state index is -2.08. The maximum atomic E-state index is 14.1. The molecule has 0 radical (unpaired) electrons. The standard InChI is InChI=1S/C46H62N8O19/c1-22(2)18-34(46(72)73)54-43(69)31(14-17-37(61)62)50-41(67)30(13-16-36(59)60)51-44(70)32(20-25-6-10-27(56)11-7-25)52-45(71)33(21-38(63)64)53-42(68)29(12-15-35(57)58)49-39(65)23(3)48-40(66)28(47)19-24-4-8-26(55)9-5-24/h4-11,22-23,28-34,55-56H,12-21,47H2,1-3H3,(H,48,66)(H,49,65)(H,50,67)(H,51,70)(H,52,71)(H,53,68)(H,54,69)(H,57,58)(H,59,60)(H,61,62)(H,63,64)(H,72,73)/t23-,28-,29-,30-,31-,32-,33-,34-/m0/s1. The number of nitrogens with one attached hydrogen (secondary N) is 7. The molecule has 0 aliphatic heterocycles. The number of amides is 7. The first-order valence-electron chi connectivity index (χ1n) is 22.7. The van der Waals surface area contributed by atoms with Gasteiger partial charge in [0.25, 0.3) is 0 Å². The minimum Gasteiger partial charge on any atom is -0.508 e. The van der Waals surface area contributed by atoms with E-state index < -0.39 is 171 Å². The van der Waals surface area contributed by atoms with E-state index in [-0.39, 0.29) is 35.8 Å². The first-order chi connectivity index (χ1) is 34.1. The van der Waals surface area contributed by atoms with Crippen LogP contribution in [0.15, 0.2) is 48.5 Å². The molecule has 0 bridgehead atoms. The van der Waals surface area contributed by atoms with Gasteiger partial charge in [-0.1, -0.05) is 38.1 Å². The van der Waals surface area contributed by atoms with Crippen LogP contribution in [0.4, 0.5) is 0 Å². The molecule has 7 amide bonds. The number of benzene rings is 2. The van der Waals surface area contributed by atoms with Gasteiger partial charge in [-0.15, -0.1) is 0 Å². The van der Waals surface area contributed by atoms with Gasteiger partial charge in [0.2, 0.25) is 41.4 Å². The zero-order valence-corrected chi connectivity index (χ0v) is 40.0. The largest absolute Gasteiger partial charge is 0.508 e. The van der Waals surface area contributed by atoms with Crippen molar-refractivity contribution < 1.29 is 93.3 Å². The zero-order valence-electron chi connectivity index (χ0n) is 40.0. The highest BCUT2D eigenvalue weighted by atomic mass is 16.4. The van der Waals surface area contributed by atoms with Crippen LogP contribution in [-0.2, 0) is 70.4 Å². The summed E-state index contributed by atoms with van der Waals surface area (Å²) in [5.41, 5.74) is 6.78.